The number of nitrogens with zero attached hydrogens (tertiary/aromatic N) is 2. The highest BCUT2D eigenvalue weighted by Crippen LogP contribution is 2.28. The Morgan fingerprint density at radius 1 is 1.40 bits per heavy atom. The number of para-hydroxylation sites is 1. The van der Waals surface area contributed by atoms with E-state index < -0.39 is 0 Å². The number of hydrogen-bond acceptors (Lipinski definition) is 3. The van der Waals surface area contributed by atoms with Gasteiger partial charge in [0.25, 0.3) is 0 Å². The Balaban J connectivity index is 1.57. The van der Waals surface area contributed by atoms with Crippen LogP contribution in [0.25, 0.3) is 10.9 Å². The average molecular weight is 271 g/mol. The van der Waals surface area contributed by atoms with E-state index in [1.165, 1.54) is 0 Å². The predicted octanol–water partition coefficient (Wildman–Crippen LogP) is 1.39. The number of fused-ring (bicyclic) bond motifs is 2. The average Bonchev–Trinajstić information content (AvgIpc) is 3.14. The van der Waals surface area contributed by atoms with E-state index in [0.717, 1.165) is 42.6 Å². The molecule has 3 heterocycles. The van der Waals surface area contributed by atoms with E-state index in [9.17, 15) is 4.79 Å². The van der Waals surface area contributed by atoms with Crippen molar-refractivity contribution in [3.05, 3.63) is 24.4 Å². The lowest BCUT2D eigenvalue weighted by atomic mass is 10.1. The van der Waals surface area contributed by atoms with Gasteiger partial charge in [0.1, 0.15) is 0 Å². The molecule has 0 spiro atoms. The second kappa shape index (κ2) is 4.49. The van der Waals surface area contributed by atoms with Gasteiger partial charge in [0, 0.05) is 31.1 Å². The van der Waals surface area contributed by atoms with Crippen LogP contribution in [0.5, 0.6) is 0 Å². The van der Waals surface area contributed by atoms with Crippen LogP contribution in [0.1, 0.15) is 6.42 Å². The van der Waals surface area contributed by atoms with Gasteiger partial charge in [0.05, 0.1) is 17.4 Å². The summed E-state index contributed by atoms with van der Waals surface area (Å²) in [4.78, 5) is 14.4. The number of hydrogen-bond donors (Lipinski definition) is 3. The molecule has 2 atom stereocenters. The van der Waals surface area contributed by atoms with Gasteiger partial charge in [-0.2, -0.15) is 5.10 Å². The second-order valence-electron chi connectivity index (χ2n) is 5.54. The van der Waals surface area contributed by atoms with Gasteiger partial charge in [-0.05, 0) is 18.4 Å². The second-order valence-corrected chi connectivity index (χ2v) is 5.54. The highest BCUT2D eigenvalue weighted by atomic mass is 16.2. The summed E-state index contributed by atoms with van der Waals surface area (Å²) < 4.78 is 0. The molecule has 2 aliphatic rings. The molecule has 2 aliphatic heterocycles. The number of rotatable bonds is 1. The smallest absolute Gasteiger partial charge is 0.320 e. The lowest BCUT2D eigenvalue weighted by Crippen LogP contribution is -2.41. The summed E-state index contributed by atoms with van der Waals surface area (Å²) in [6, 6.07) is 6.14. The van der Waals surface area contributed by atoms with Crippen LogP contribution in [0.4, 0.5) is 10.5 Å². The van der Waals surface area contributed by atoms with Crippen molar-refractivity contribution in [2.24, 2.45) is 5.92 Å². The van der Waals surface area contributed by atoms with Crippen LogP contribution in [0.15, 0.2) is 24.4 Å². The maximum Gasteiger partial charge on any atom is 0.322 e. The summed E-state index contributed by atoms with van der Waals surface area (Å²) in [6.07, 6.45) is 2.86. The molecule has 0 unspecified atom stereocenters. The molecule has 0 aliphatic carbocycles. The van der Waals surface area contributed by atoms with Gasteiger partial charge in [-0.1, -0.05) is 12.1 Å². The number of H-pyrrole nitrogens is 1. The molecule has 2 amide bonds. The Hall–Kier alpha value is -2.08. The van der Waals surface area contributed by atoms with Gasteiger partial charge in [0.2, 0.25) is 0 Å². The van der Waals surface area contributed by atoms with E-state index >= 15 is 0 Å². The Bertz CT molecular complexity index is 652. The molecule has 6 nitrogen and oxygen atoms in total. The highest BCUT2D eigenvalue weighted by Gasteiger charge is 2.39. The Morgan fingerprint density at radius 3 is 3.30 bits per heavy atom. The fourth-order valence-corrected chi connectivity index (χ4v) is 3.36. The first-order valence-corrected chi connectivity index (χ1v) is 7.03. The molecular weight excluding hydrogens is 254 g/mol. The zero-order valence-electron chi connectivity index (χ0n) is 11.1. The van der Waals surface area contributed by atoms with E-state index in [1.807, 2.05) is 23.1 Å². The van der Waals surface area contributed by atoms with Crippen LogP contribution >= 0.6 is 0 Å². The minimum Gasteiger partial charge on any atom is -0.320 e. The molecule has 2 aromatic rings. The normalized spacial score (nSPS) is 25.1. The standard InChI is InChI=1S/C14H17N5O/c20-14(19-5-4-9-6-15-8-12(9)19)17-11-3-1-2-10-7-16-18-13(10)11/h1-3,7,9,12,15H,4-6,8H2,(H,16,18)(H,17,20)/t9-,12+/m1/s1. The molecule has 1 aromatic heterocycles. The van der Waals surface area contributed by atoms with Gasteiger partial charge < -0.3 is 15.5 Å². The first kappa shape index (κ1) is 11.7. The number of carbonyl (C=O) groups excluding carboxylic acids is 1. The van der Waals surface area contributed by atoms with Crippen LogP contribution in [0.3, 0.4) is 0 Å². The quantitative estimate of drug-likeness (QED) is 0.734. The van der Waals surface area contributed by atoms with Crippen LogP contribution in [-0.2, 0) is 0 Å². The molecule has 2 fully saturated rings. The lowest BCUT2D eigenvalue weighted by Gasteiger charge is -2.23. The van der Waals surface area contributed by atoms with Crippen molar-refractivity contribution < 1.29 is 4.79 Å². The van der Waals surface area contributed by atoms with Crippen LogP contribution in [-0.4, -0.2) is 46.8 Å². The Kier molecular flexibility index (Phi) is 2.63. The highest BCUT2D eigenvalue weighted by molar-refractivity contribution is 5.99. The number of benzene rings is 1. The van der Waals surface area contributed by atoms with Gasteiger partial charge in [-0.15, -0.1) is 0 Å². The third-order valence-corrected chi connectivity index (χ3v) is 4.42. The maximum atomic E-state index is 12.5. The summed E-state index contributed by atoms with van der Waals surface area (Å²) in [7, 11) is 0. The number of anilines is 1. The van der Waals surface area contributed by atoms with Gasteiger partial charge in [-0.3, -0.25) is 5.10 Å². The van der Waals surface area contributed by atoms with E-state index in [0.29, 0.717) is 12.0 Å². The number of amides is 2. The molecule has 3 N–H and O–H groups in total. The number of aromatic nitrogens is 2. The lowest BCUT2D eigenvalue weighted by molar-refractivity contribution is 0.206. The summed E-state index contributed by atoms with van der Waals surface area (Å²) in [5, 5.41) is 14.3. The largest absolute Gasteiger partial charge is 0.322 e. The summed E-state index contributed by atoms with van der Waals surface area (Å²) in [5.41, 5.74) is 1.67. The number of nitrogens with one attached hydrogen (secondary N) is 3. The van der Waals surface area contributed by atoms with E-state index in [4.69, 9.17) is 0 Å². The number of carbonyl (C=O) groups is 1. The third-order valence-electron chi connectivity index (χ3n) is 4.42. The summed E-state index contributed by atoms with van der Waals surface area (Å²) >= 11 is 0. The zero-order valence-corrected chi connectivity index (χ0v) is 11.1. The monoisotopic (exact) mass is 271 g/mol. The predicted molar refractivity (Wildman–Crippen MR) is 76.6 cm³/mol. The SMILES string of the molecule is O=C(Nc1cccc2cn[nH]c12)N1CC[C@@H]2CNC[C@@H]21. The topological polar surface area (TPSA) is 73.0 Å². The van der Waals surface area contributed by atoms with E-state index in [-0.39, 0.29) is 6.03 Å². The minimum atomic E-state index is -0.0108. The van der Waals surface area contributed by atoms with E-state index in [1.54, 1.807) is 6.20 Å². The molecule has 0 saturated carbocycles. The van der Waals surface area contributed by atoms with E-state index in [2.05, 4.69) is 20.8 Å². The molecule has 104 valence electrons. The first-order valence-electron chi connectivity index (χ1n) is 7.03. The van der Waals surface area contributed by atoms with Crippen molar-refractivity contribution in [2.45, 2.75) is 12.5 Å². The van der Waals surface area contributed by atoms with Crippen LogP contribution in [0.2, 0.25) is 0 Å². The molecule has 0 radical (unpaired) electrons. The molecule has 0 bridgehead atoms. The minimum absolute atomic E-state index is 0.0108. The Labute approximate surface area is 116 Å². The number of aromatic amines is 1. The molecule has 6 heteroatoms. The fourth-order valence-electron chi connectivity index (χ4n) is 3.36. The zero-order chi connectivity index (χ0) is 13.5. The molecular formula is C14H17N5O. The Morgan fingerprint density at radius 2 is 2.35 bits per heavy atom. The number of likely N-dealkylation sites (tertiary alicyclic amines) is 1. The van der Waals surface area contributed by atoms with Crippen molar-refractivity contribution >= 4 is 22.6 Å². The van der Waals surface area contributed by atoms with Crippen molar-refractivity contribution in [3.63, 3.8) is 0 Å². The van der Waals surface area contributed by atoms with Crippen LogP contribution in [0, 0.1) is 5.92 Å². The fraction of sp³-hybridized carbons (Fsp3) is 0.429. The van der Waals surface area contributed by atoms with Gasteiger partial charge in [-0.25, -0.2) is 4.79 Å². The van der Waals surface area contributed by atoms with Crippen molar-refractivity contribution in [1.82, 2.24) is 20.4 Å². The third kappa shape index (κ3) is 1.76. The maximum absolute atomic E-state index is 12.5. The van der Waals surface area contributed by atoms with Crippen LogP contribution < -0.4 is 10.6 Å². The van der Waals surface area contributed by atoms with Crippen molar-refractivity contribution in [2.75, 3.05) is 25.0 Å². The summed E-state index contributed by atoms with van der Waals surface area (Å²) in [5.74, 6) is 0.615. The molecule has 4 rings (SSSR count). The molecule has 20 heavy (non-hydrogen) atoms. The molecule has 1 aromatic carbocycles. The molecule has 2 saturated heterocycles. The van der Waals surface area contributed by atoms with Crippen molar-refractivity contribution in [1.29, 1.82) is 0 Å². The number of urea groups is 1. The summed E-state index contributed by atoms with van der Waals surface area (Å²) in [6.45, 7) is 2.79. The van der Waals surface area contributed by atoms with Gasteiger partial charge in [0.15, 0.2) is 0 Å². The first-order chi connectivity index (χ1) is 9.83. The van der Waals surface area contributed by atoms with Gasteiger partial charge >= 0.3 is 6.03 Å². The van der Waals surface area contributed by atoms with Crippen molar-refractivity contribution in [3.8, 4) is 0 Å².